The molecule has 0 bridgehead atoms. The number of aromatic nitrogens is 3. The SMILES string of the molecule is CN(C)/C=C(\C=[N+](C)C)c1ncnc2[nH]ccc12. The van der Waals surface area contributed by atoms with Crippen molar-refractivity contribution in [3.05, 3.63) is 30.5 Å². The summed E-state index contributed by atoms with van der Waals surface area (Å²) in [6.07, 6.45) is 7.57. The number of rotatable bonds is 3. The largest absolute Gasteiger partial charge is 0.383 e. The van der Waals surface area contributed by atoms with Gasteiger partial charge in [-0.3, -0.25) is 0 Å². The molecule has 0 aromatic carbocycles. The second-order valence-corrected chi connectivity index (χ2v) is 4.60. The molecule has 1 N–H and O–H groups in total. The molecule has 5 heteroatoms. The van der Waals surface area contributed by atoms with Crippen molar-refractivity contribution in [3.8, 4) is 0 Å². The van der Waals surface area contributed by atoms with Crippen molar-refractivity contribution < 1.29 is 4.58 Å². The highest BCUT2D eigenvalue weighted by Gasteiger charge is 2.11. The average molecular weight is 244 g/mol. The van der Waals surface area contributed by atoms with Gasteiger partial charge in [-0.25, -0.2) is 14.5 Å². The van der Waals surface area contributed by atoms with Crippen LogP contribution in [0.3, 0.4) is 0 Å². The number of H-pyrrole nitrogens is 1. The summed E-state index contributed by atoms with van der Waals surface area (Å²) in [4.78, 5) is 13.7. The molecule has 2 aromatic heterocycles. The molecular weight excluding hydrogens is 226 g/mol. The van der Waals surface area contributed by atoms with Gasteiger partial charge in [0, 0.05) is 31.9 Å². The third kappa shape index (κ3) is 2.56. The van der Waals surface area contributed by atoms with Gasteiger partial charge in [0.2, 0.25) is 0 Å². The Kier molecular flexibility index (Phi) is 3.41. The average Bonchev–Trinajstić information content (AvgIpc) is 2.74. The zero-order chi connectivity index (χ0) is 13.1. The standard InChI is InChI=1S/C13H18N5/c1-17(2)7-10(8-18(3)4)12-11-5-6-14-13(11)16-9-15-12/h5-9H,1-4H3,(H,14,15,16)/q+1. The van der Waals surface area contributed by atoms with Gasteiger partial charge in [0.15, 0.2) is 6.21 Å². The lowest BCUT2D eigenvalue weighted by atomic mass is 10.1. The predicted octanol–water partition coefficient (Wildman–Crippen LogP) is 1.20. The van der Waals surface area contributed by atoms with E-state index in [1.807, 2.05) is 49.9 Å². The third-order valence-corrected chi connectivity index (χ3v) is 2.42. The maximum Gasteiger partial charge on any atom is 0.173 e. The van der Waals surface area contributed by atoms with Crippen LogP contribution < -0.4 is 0 Å². The van der Waals surface area contributed by atoms with Crippen molar-refractivity contribution in [2.45, 2.75) is 0 Å². The monoisotopic (exact) mass is 244 g/mol. The Labute approximate surface area is 106 Å². The van der Waals surface area contributed by atoms with Crippen LogP contribution >= 0.6 is 0 Å². The van der Waals surface area contributed by atoms with Crippen LogP contribution in [-0.2, 0) is 0 Å². The van der Waals surface area contributed by atoms with Crippen molar-refractivity contribution in [2.24, 2.45) is 0 Å². The van der Waals surface area contributed by atoms with Crippen molar-refractivity contribution in [1.29, 1.82) is 0 Å². The van der Waals surface area contributed by atoms with E-state index in [-0.39, 0.29) is 0 Å². The van der Waals surface area contributed by atoms with Crippen molar-refractivity contribution in [3.63, 3.8) is 0 Å². The summed E-state index contributed by atoms with van der Waals surface area (Å²) in [6.45, 7) is 0. The number of nitrogens with one attached hydrogen (secondary N) is 1. The Morgan fingerprint density at radius 3 is 2.78 bits per heavy atom. The highest BCUT2D eigenvalue weighted by molar-refractivity contribution is 6.11. The molecule has 2 aromatic rings. The summed E-state index contributed by atoms with van der Waals surface area (Å²) in [6, 6.07) is 2.00. The zero-order valence-corrected chi connectivity index (χ0v) is 11.2. The lowest BCUT2D eigenvalue weighted by Gasteiger charge is -2.07. The molecule has 0 fully saturated rings. The first kappa shape index (κ1) is 12.3. The topological polar surface area (TPSA) is 47.8 Å². The van der Waals surface area contributed by atoms with Crippen LogP contribution in [0.5, 0.6) is 0 Å². The minimum Gasteiger partial charge on any atom is -0.383 e. The van der Waals surface area contributed by atoms with Crippen LogP contribution in [0, 0.1) is 0 Å². The summed E-state index contributed by atoms with van der Waals surface area (Å²) >= 11 is 0. The van der Waals surface area contributed by atoms with Gasteiger partial charge in [0.25, 0.3) is 0 Å². The van der Waals surface area contributed by atoms with Gasteiger partial charge >= 0.3 is 0 Å². The van der Waals surface area contributed by atoms with E-state index in [2.05, 4.69) is 27.4 Å². The Balaban J connectivity index is 2.61. The van der Waals surface area contributed by atoms with Crippen LogP contribution in [0.4, 0.5) is 0 Å². The van der Waals surface area contributed by atoms with Gasteiger partial charge in [0.05, 0.1) is 11.3 Å². The molecule has 0 unspecified atom stereocenters. The summed E-state index contributed by atoms with van der Waals surface area (Å²) in [5, 5.41) is 1.03. The summed E-state index contributed by atoms with van der Waals surface area (Å²) < 4.78 is 2.01. The van der Waals surface area contributed by atoms with Crippen molar-refractivity contribution in [1.82, 2.24) is 19.9 Å². The maximum absolute atomic E-state index is 4.40. The highest BCUT2D eigenvalue weighted by atomic mass is 15.0. The van der Waals surface area contributed by atoms with Gasteiger partial charge in [-0.05, 0) is 6.07 Å². The van der Waals surface area contributed by atoms with Gasteiger partial charge in [-0.15, -0.1) is 0 Å². The molecule has 0 aliphatic rings. The van der Waals surface area contributed by atoms with E-state index in [1.165, 1.54) is 0 Å². The molecule has 0 amide bonds. The number of aromatic amines is 1. The molecule has 2 heterocycles. The molecule has 0 radical (unpaired) electrons. The highest BCUT2D eigenvalue weighted by Crippen LogP contribution is 2.19. The quantitative estimate of drug-likeness (QED) is 0.652. The molecule has 5 nitrogen and oxygen atoms in total. The molecular formula is C13H18N5+. The van der Waals surface area contributed by atoms with Crippen LogP contribution in [0.2, 0.25) is 0 Å². The zero-order valence-electron chi connectivity index (χ0n) is 11.2. The Morgan fingerprint density at radius 1 is 1.33 bits per heavy atom. The van der Waals surface area contributed by atoms with E-state index in [0.29, 0.717) is 0 Å². The van der Waals surface area contributed by atoms with E-state index in [1.54, 1.807) is 6.33 Å². The Hall–Kier alpha value is -2.17. The van der Waals surface area contributed by atoms with Crippen molar-refractivity contribution in [2.75, 3.05) is 28.2 Å². The van der Waals surface area contributed by atoms with E-state index >= 15 is 0 Å². The van der Waals surface area contributed by atoms with Gasteiger partial charge in [0.1, 0.15) is 26.1 Å². The molecule has 0 atom stereocenters. The van der Waals surface area contributed by atoms with Gasteiger partial charge < -0.3 is 9.88 Å². The smallest absolute Gasteiger partial charge is 0.173 e. The van der Waals surface area contributed by atoms with E-state index in [0.717, 1.165) is 22.3 Å². The van der Waals surface area contributed by atoms with Gasteiger partial charge in [-0.1, -0.05) is 0 Å². The number of allylic oxidation sites excluding steroid dienone is 1. The Morgan fingerprint density at radius 2 is 2.11 bits per heavy atom. The molecule has 0 saturated carbocycles. The molecule has 0 saturated heterocycles. The van der Waals surface area contributed by atoms with Crippen LogP contribution in [0.15, 0.2) is 24.8 Å². The molecule has 0 spiro atoms. The summed E-state index contributed by atoms with van der Waals surface area (Å²) in [5.74, 6) is 0. The summed E-state index contributed by atoms with van der Waals surface area (Å²) in [5.41, 5.74) is 2.84. The second-order valence-electron chi connectivity index (χ2n) is 4.60. The number of hydrogen-bond donors (Lipinski definition) is 1. The van der Waals surface area contributed by atoms with E-state index in [4.69, 9.17) is 0 Å². The fourth-order valence-electron chi connectivity index (χ4n) is 1.81. The van der Waals surface area contributed by atoms with E-state index in [9.17, 15) is 0 Å². The third-order valence-electron chi connectivity index (χ3n) is 2.42. The molecule has 18 heavy (non-hydrogen) atoms. The molecule has 0 aliphatic carbocycles. The minimum atomic E-state index is 0.858. The first-order valence-electron chi connectivity index (χ1n) is 5.76. The normalized spacial score (nSPS) is 11.7. The second kappa shape index (κ2) is 5.00. The fourth-order valence-corrected chi connectivity index (χ4v) is 1.81. The van der Waals surface area contributed by atoms with Crippen LogP contribution in [0.25, 0.3) is 16.6 Å². The minimum absolute atomic E-state index is 0.858. The molecule has 94 valence electrons. The van der Waals surface area contributed by atoms with Crippen LogP contribution in [-0.4, -0.2) is 58.8 Å². The first-order chi connectivity index (χ1) is 8.58. The maximum atomic E-state index is 4.40. The number of nitrogens with zero attached hydrogens (tertiary/aromatic N) is 4. The lowest BCUT2D eigenvalue weighted by Crippen LogP contribution is -2.08. The molecule has 2 rings (SSSR count). The lowest BCUT2D eigenvalue weighted by molar-refractivity contribution is -0.458. The van der Waals surface area contributed by atoms with Crippen LogP contribution in [0.1, 0.15) is 5.69 Å². The number of hydrogen-bond acceptors (Lipinski definition) is 3. The first-order valence-corrected chi connectivity index (χ1v) is 5.76. The Bertz CT molecular complexity index is 603. The summed E-state index contributed by atoms with van der Waals surface area (Å²) in [7, 11) is 8.00. The number of fused-ring (bicyclic) bond motifs is 1. The van der Waals surface area contributed by atoms with Crippen molar-refractivity contribution >= 4 is 22.8 Å². The fraction of sp³-hybridized carbons (Fsp3) is 0.308. The van der Waals surface area contributed by atoms with E-state index < -0.39 is 0 Å². The van der Waals surface area contributed by atoms with Gasteiger partial charge in [-0.2, -0.15) is 0 Å². The molecule has 0 aliphatic heterocycles. The predicted molar refractivity (Wildman–Crippen MR) is 73.7 cm³/mol.